The fraction of sp³-hybridized carbons (Fsp3) is 0.294. The van der Waals surface area contributed by atoms with Gasteiger partial charge in [0.1, 0.15) is 6.61 Å². The molecule has 1 aromatic rings. The van der Waals surface area contributed by atoms with E-state index in [-0.39, 0.29) is 12.4 Å². The van der Waals surface area contributed by atoms with E-state index in [9.17, 15) is 18.4 Å². The quantitative estimate of drug-likeness (QED) is 0.809. The maximum atomic E-state index is 13.7. The van der Waals surface area contributed by atoms with Crippen molar-refractivity contribution < 1.29 is 23.1 Å². The molecule has 0 fully saturated rings. The lowest BCUT2D eigenvalue weighted by Crippen LogP contribution is -2.32. The Bertz CT molecular complexity index is 810. The van der Waals surface area contributed by atoms with Crippen molar-refractivity contribution in [2.24, 2.45) is 0 Å². The molecule has 0 bridgehead atoms. The fourth-order valence-electron chi connectivity index (χ4n) is 3.49. The van der Waals surface area contributed by atoms with Crippen LogP contribution in [0.3, 0.4) is 0 Å². The molecule has 0 amide bonds. The first-order chi connectivity index (χ1) is 11.1. The zero-order valence-electron chi connectivity index (χ0n) is 12.1. The van der Waals surface area contributed by atoms with Crippen molar-refractivity contribution in [1.82, 2.24) is 5.32 Å². The highest BCUT2D eigenvalue weighted by molar-refractivity contribution is 6.04. The van der Waals surface area contributed by atoms with Gasteiger partial charge in [-0.2, -0.15) is 0 Å². The van der Waals surface area contributed by atoms with E-state index in [1.54, 1.807) is 0 Å². The van der Waals surface area contributed by atoms with Gasteiger partial charge < -0.3 is 10.1 Å². The van der Waals surface area contributed by atoms with Gasteiger partial charge in [0.05, 0.1) is 11.3 Å². The zero-order chi connectivity index (χ0) is 16.1. The summed E-state index contributed by atoms with van der Waals surface area (Å²) in [6.45, 7) is 0.110. The SMILES string of the molecule is O=C1CCCC2=C1[C@H](c1ccc(F)c(F)c1)C1=C(COC1=O)N2. The molecule has 0 aromatic heterocycles. The van der Waals surface area contributed by atoms with Gasteiger partial charge in [0.2, 0.25) is 0 Å². The number of hydrogen-bond donors (Lipinski definition) is 1. The number of Topliss-reactive ketones (excluding diaryl/α,β-unsaturated/α-hetero) is 1. The number of ether oxygens (including phenoxy) is 1. The van der Waals surface area contributed by atoms with Crippen molar-refractivity contribution in [3.05, 3.63) is 57.9 Å². The first kappa shape index (κ1) is 14.1. The molecule has 3 aliphatic rings. The average molecular weight is 317 g/mol. The normalized spacial score (nSPS) is 23.5. The molecule has 4 nitrogen and oxygen atoms in total. The van der Waals surface area contributed by atoms with Crippen LogP contribution in [-0.4, -0.2) is 18.4 Å². The Kier molecular flexibility index (Phi) is 3.07. The van der Waals surface area contributed by atoms with Crippen molar-refractivity contribution in [3.63, 3.8) is 0 Å². The van der Waals surface area contributed by atoms with E-state index in [4.69, 9.17) is 4.74 Å². The predicted octanol–water partition coefficient (Wildman–Crippen LogP) is 2.47. The van der Waals surface area contributed by atoms with Crippen LogP contribution in [0.5, 0.6) is 0 Å². The minimum atomic E-state index is -1.00. The lowest BCUT2D eigenvalue weighted by Gasteiger charge is -2.31. The predicted molar refractivity (Wildman–Crippen MR) is 76.1 cm³/mol. The summed E-state index contributed by atoms with van der Waals surface area (Å²) in [7, 11) is 0. The topological polar surface area (TPSA) is 55.4 Å². The molecule has 1 N–H and O–H groups in total. The Labute approximate surface area is 130 Å². The number of hydrogen-bond acceptors (Lipinski definition) is 4. The number of ketones is 1. The van der Waals surface area contributed by atoms with E-state index in [1.165, 1.54) is 6.07 Å². The van der Waals surface area contributed by atoms with Gasteiger partial charge >= 0.3 is 5.97 Å². The highest BCUT2D eigenvalue weighted by atomic mass is 19.2. The van der Waals surface area contributed by atoms with Crippen molar-refractivity contribution in [1.29, 1.82) is 0 Å². The van der Waals surface area contributed by atoms with Crippen LogP contribution in [0, 0.1) is 11.6 Å². The summed E-state index contributed by atoms with van der Waals surface area (Å²) in [5.74, 6) is -3.25. The number of cyclic esters (lactones) is 1. The summed E-state index contributed by atoms with van der Waals surface area (Å²) in [4.78, 5) is 24.5. The Balaban J connectivity index is 1.91. The Morgan fingerprint density at radius 2 is 1.87 bits per heavy atom. The summed E-state index contributed by atoms with van der Waals surface area (Å²) in [6.07, 6.45) is 1.80. The van der Waals surface area contributed by atoms with Gasteiger partial charge in [-0.15, -0.1) is 0 Å². The second-order valence-electron chi connectivity index (χ2n) is 5.87. The molecule has 0 unspecified atom stereocenters. The number of dihydropyridines is 1. The van der Waals surface area contributed by atoms with Crippen molar-refractivity contribution >= 4 is 11.8 Å². The zero-order valence-corrected chi connectivity index (χ0v) is 12.1. The molecule has 1 aliphatic carbocycles. The maximum Gasteiger partial charge on any atom is 0.337 e. The molecule has 2 heterocycles. The molecule has 0 saturated heterocycles. The van der Waals surface area contributed by atoms with Crippen LogP contribution in [0.25, 0.3) is 0 Å². The van der Waals surface area contributed by atoms with Crippen LogP contribution >= 0.6 is 0 Å². The summed E-state index contributed by atoms with van der Waals surface area (Å²) in [5, 5.41) is 3.13. The molecule has 6 heteroatoms. The van der Waals surface area contributed by atoms with E-state index < -0.39 is 23.5 Å². The third-order valence-corrected chi connectivity index (χ3v) is 4.50. The van der Waals surface area contributed by atoms with Crippen LogP contribution < -0.4 is 5.32 Å². The van der Waals surface area contributed by atoms with Crippen LogP contribution in [0.4, 0.5) is 8.78 Å². The van der Waals surface area contributed by atoms with Gasteiger partial charge in [0, 0.05) is 23.6 Å². The third kappa shape index (κ3) is 2.09. The summed E-state index contributed by atoms with van der Waals surface area (Å²) < 4.78 is 32.0. The van der Waals surface area contributed by atoms with Crippen molar-refractivity contribution in [2.45, 2.75) is 25.2 Å². The Hall–Kier alpha value is -2.50. The summed E-state index contributed by atoms with van der Waals surface area (Å²) in [5.41, 5.74) is 2.55. The van der Waals surface area contributed by atoms with E-state index >= 15 is 0 Å². The van der Waals surface area contributed by atoms with Crippen LogP contribution in [0.2, 0.25) is 0 Å². The number of carbonyl (C=O) groups excluding carboxylic acids is 2. The number of nitrogens with one attached hydrogen (secondary N) is 1. The van der Waals surface area contributed by atoms with E-state index in [0.717, 1.165) is 24.3 Å². The first-order valence-electron chi connectivity index (χ1n) is 7.44. The average Bonchev–Trinajstić information content (AvgIpc) is 2.90. The van der Waals surface area contributed by atoms with Crippen LogP contribution in [0.15, 0.2) is 40.7 Å². The van der Waals surface area contributed by atoms with Crippen LogP contribution in [-0.2, 0) is 14.3 Å². The van der Waals surface area contributed by atoms with E-state index in [0.29, 0.717) is 35.2 Å². The van der Waals surface area contributed by atoms with Crippen LogP contribution in [0.1, 0.15) is 30.7 Å². The number of esters is 1. The fourth-order valence-corrected chi connectivity index (χ4v) is 3.49. The third-order valence-electron chi connectivity index (χ3n) is 4.50. The molecule has 23 heavy (non-hydrogen) atoms. The first-order valence-corrected chi connectivity index (χ1v) is 7.44. The molecule has 1 aromatic carbocycles. The van der Waals surface area contributed by atoms with Crippen molar-refractivity contribution in [2.75, 3.05) is 6.61 Å². The molecule has 0 spiro atoms. The molecule has 1 atom stereocenters. The van der Waals surface area contributed by atoms with Gasteiger partial charge in [-0.1, -0.05) is 6.07 Å². The minimum Gasteiger partial charge on any atom is -0.456 e. The summed E-state index contributed by atoms with van der Waals surface area (Å²) >= 11 is 0. The van der Waals surface area contributed by atoms with E-state index in [1.807, 2.05) is 0 Å². The number of benzene rings is 1. The molecule has 4 rings (SSSR count). The number of carbonyl (C=O) groups is 2. The monoisotopic (exact) mass is 317 g/mol. The second-order valence-corrected chi connectivity index (χ2v) is 5.87. The largest absolute Gasteiger partial charge is 0.456 e. The smallest absolute Gasteiger partial charge is 0.337 e. The standard InChI is InChI=1S/C17H13F2NO3/c18-9-5-4-8(6-10(9)19)14-15-11(2-1-3-13(15)21)20-12-7-23-17(22)16(12)14/h4-6,14,20H,1-3,7H2/t14-/m0/s1. The number of allylic oxidation sites excluding steroid dienone is 2. The molecular weight excluding hydrogens is 304 g/mol. The highest BCUT2D eigenvalue weighted by Crippen LogP contribution is 2.44. The van der Waals surface area contributed by atoms with Gasteiger partial charge in [0.25, 0.3) is 0 Å². The number of rotatable bonds is 1. The molecule has 0 saturated carbocycles. The molecule has 2 aliphatic heterocycles. The van der Waals surface area contributed by atoms with Gasteiger partial charge in [-0.05, 0) is 30.5 Å². The second kappa shape index (κ2) is 5.01. The minimum absolute atomic E-state index is 0.0697. The molecular formula is C17H13F2NO3. The van der Waals surface area contributed by atoms with Gasteiger partial charge in [-0.25, -0.2) is 13.6 Å². The highest BCUT2D eigenvalue weighted by Gasteiger charge is 2.42. The van der Waals surface area contributed by atoms with Crippen molar-refractivity contribution in [3.8, 4) is 0 Å². The van der Waals surface area contributed by atoms with Gasteiger partial charge in [-0.3, -0.25) is 4.79 Å². The Morgan fingerprint density at radius 1 is 1.04 bits per heavy atom. The van der Waals surface area contributed by atoms with Gasteiger partial charge in [0.15, 0.2) is 17.4 Å². The van der Waals surface area contributed by atoms with E-state index in [2.05, 4.69) is 5.32 Å². The maximum absolute atomic E-state index is 13.7. The lowest BCUT2D eigenvalue weighted by molar-refractivity contribution is -0.136. The molecule has 0 radical (unpaired) electrons. The molecule has 118 valence electrons. The number of halogens is 2. The Morgan fingerprint density at radius 3 is 2.65 bits per heavy atom. The lowest BCUT2D eigenvalue weighted by atomic mass is 9.75. The summed E-state index contributed by atoms with van der Waals surface area (Å²) in [6, 6.07) is 3.48.